The van der Waals surface area contributed by atoms with Gasteiger partial charge >= 0.3 is 0 Å². The van der Waals surface area contributed by atoms with Gasteiger partial charge in [0.2, 0.25) is 5.95 Å². The summed E-state index contributed by atoms with van der Waals surface area (Å²) in [6.07, 6.45) is 9.00. The zero-order valence-corrected chi connectivity index (χ0v) is 23.3. The summed E-state index contributed by atoms with van der Waals surface area (Å²) >= 11 is 0. The number of nitrogens with one attached hydrogen (secondary N) is 2. The van der Waals surface area contributed by atoms with Gasteiger partial charge in [0.25, 0.3) is 0 Å². The Kier molecular flexibility index (Phi) is 6.67. The quantitative estimate of drug-likeness (QED) is 0.431. The van der Waals surface area contributed by atoms with Crippen molar-refractivity contribution in [1.29, 1.82) is 0 Å². The Hall–Kier alpha value is -3.50. The van der Waals surface area contributed by atoms with Gasteiger partial charge in [0.05, 0.1) is 11.4 Å². The van der Waals surface area contributed by atoms with Crippen LogP contribution in [0.3, 0.4) is 0 Å². The van der Waals surface area contributed by atoms with Crippen LogP contribution < -0.4 is 20.4 Å². The molecule has 3 N–H and O–H groups in total. The summed E-state index contributed by atoms with van der Waals surface area (Å²) in [5.74, 6) is 2.51. The number of piperidine rings is 1. The van der Waals surface area contributed by atoms with E-state index in [2.05, 4.69) is 47.9 Å². The Bertz CT molecular complexity index is 1320. The molecule has 0 unspecified atom stereocenters. The van der Waals surface area contributed by atoms with Gasteiger partial charge < -0.3 is 25.5 Å². The van der Waals surface area contributed by atoms with Crippen molar-refractivity contribution in [2.75, 3.05) is 74.5 Å². The molecule has 2 aromatic heterocycles. The first kappa shape index (κ1) is 25.5. The summed E-state index contributed by atoms with van der Waals surface area (Å²) in [7, 11) is 1.88. The topological polar surface area (TPSA) is 106 Å². The number of phenols is 1. The highest BCUT2D eigenvalue weighted by atomic mass is 16.3. The van der Waals surface area contributed by atoms with Gasteiger partial charge in [-0.15, -0.1) is 10.2 Å². The second-order valence-electron chi connectivity index (χ2n) is 12.0. The van der Waals surface area contributed by atoms with Gasteiger partial charge in [-0.05, 0) is 60.8 Å². The number of hydrogen-bond donors (Lipinski definition) is 3. The summed E-state index contributed by atoms with van der Waals surface area (Å²) in [5, 5.41) is 25.7. The van der Waals surface area contributed by atoms with Crippen LogP contribution >= 0.6 is 0 Å². The molecule has 10 nitrogen and oxygen atoms in total. The average molecular weight is 542 g/mol. The minimum atomic E-state index is 0.218. The Labute approximate surface area is 235 Å². The molecule has 5 heterocycles. The maximum absolute atomic E-state index is 10.3. The largest absolute Gasteiger partial charge is 0.507 e. The number of phenolic OH excluding ortho intramolecular Hbond substituents is 1. The van der Waals surface area contributed by atoms with Gasteiger partial charge in [-0.2, -0.15) is 0 Å². The van der Waals surface area contributed by atoms with Crippen molar-refractivity contribution in [2.45, 2.75) is 37.6 Å². The lowest BCUT2D eigenvalue weighted by Gasteiger charge is -2.54. The lowest BCUT2D eigenvalue weighted by atomic mass is 9.57. The Morgan fingerprint density at radius 2 is 1.65 bits per heavy atom. The molecule has 1 spiro atoms. The highest BCUT2D eigenvalue weighted by Gasteiger charge is 2.48. The SMILES string of the molecule is CNc1nnc(-c2ccccc2O)cc1N1CCN(C2CCN(c3ncc(C4CC5(CNC5)C4)cn3)CC2)CC1. The number of hydrogen-bond acceptors (Lipinski definition) is 10. The van der Waals surface area contributed by atoms with Crippen LogP contribution in [-0.2, 0) is 0 Å². The maximum Gasteiger partial charge on any atom is 0.225 e. The van der Waals surface area contributed by atoms with Crippen molar-refractivity contribution < 1.29 is 5.11 Å². The van der Waals surface area contributed by atoms with Gasteiger partial charge in [-0.25, -0.2) is 9.97 Å². The van der Waals surface area contributed by atoms with Gasteiger partial charge in [0.15, 0.2) is 5.82 Å². The molecule has 3 aromatic rings. The number of anilines is 3. The Morgan fingerprint density at radius 1 is 0.925 bits per heavy atom. The zero-order chi connectivity index (χ0) is 27.1. The van der Waals surface area contributed by atoms with E-state index in [0.29, 0.717) is 28.6 Å². The molecule has 3 saturated heterocycles. The number of aromatic hydroxyl groups is 1. The Morgan fingerprint density at radius 3 is 2.30 bits per heavy atom. The van der Waals surface area contributed by atoms with Crippen molar-refractivity contribution in [2.24, 2.45) is 5.41 Å². The van der Waals surface area contributed by atoms with Crippen LogP contribution in [0.4, 0.5) is 17.5 Å². The molecule has 1 saturated carbocycles. The monoisotopic (exact) mass is 541 g/mol. The molecule has 10 heteroatoms. The summed E-state index contributed by atoms with van der Waals surface area (Å²) in [4.78, 5) is 16.9. The van der Waals surface area contributed by atoms with Gasteiger partial charge in [-0.1, -0.05) is 12.1 Å². The molecule has 1 aliphatic carbocycles. The second kappa shape index (κ2) is 10.5. The highest BCUT2D eigenvalue weighted by Crippen LogP contribution is 2.53. The normalized spacial score (nSPS) is 21.7. The molecule has 40 heavy (non-hydrogen) atoms. The average Bonchev–Trinajstić information content (AvgIpc) is 2.96. The Balaban J connectivity index is 0.932. The third kappa shape index (κ3) is 4.73. The highest BCUT2D eigenvalue weighted by molar-refractivity contribution is 5.75. The van der Waals surface area contributed by atoms with Crippen LogP contribution in [-0.4, -0.2) is 95.6 Å². The molecule has 0 radical (unpaired) electrons. The fraction of sp³-hybridized carbons (Fsp3) is 0.533. The van der Waals surface area contributed by atoms with Crippen molar-refractivity contribution in [3.63, 3.8) is 0 Å². The second-order valence-corrected chi connectivity index (χ2v) is 12.0. The third-order valence-corrected chi connectivity index (χ3v) is 9.60. The minimum absolute atomic E-state index is 0.218. The van der Waals surface area contributed by atoms with Crippen LogP contribution in [0.15, 0.2) is 42.7 Å². The van der Waals surface area contributed by atoms with Crippen molar-refractivity contribution >= 4 is 17.5 Å². The molecule has 3 aliphatic heterocycles. The van der Waals surface area contributed by atoms with Crippen molar-refractivity contribution in [1.82, 2.24) is 30.4 Å². The first-order valence-corrected chi connectivity index (χ1v) is 14.7. The van der Waals surface area contributed by atoms with Crippen molar-refractivity contribution in [3.05, 3.63) is 48.3 Å². The number of rotatable bonds is 6. The minimum Gasteiger partial charge on any atom is -0.507 e. The van der Waals surface area contributed by atoms with Gasteiger partial charge in [-0.3, -0.25) is 4.90 Å². The van der Waals surface area contributed by atoms with E-state index in [4.69, 9.17) is 9.97 Å². The fourth-order valence-corrected chi connectivity index (χ4v) is 7.08. The van der Waals surface area contributed by atoms with E-state index in [0.717, 1.165) is 69.6 Å². The molecule has 210 valence electrons. The van der Waals surface area contributed by atoms with E-state index < -0.39 is 0 Å². The van der Waals surface area contributed by atoms with Gasteiger partial charge in [0.1, 0.15) is 5.75 Å². The molecule has 7 rings (SSSR count). The molecular weight excluding hydrogens is 502 g/mol. The zero-order valence-electron chi connectivity index (χ0n) is 23.3. The van der Waals surface area contributed by atoms with E-state index in [-0.39, 0.29) is 5.75 Å². The van der Waals surface area contributed by atoms with Crippen LogP contribution in [0, 0.1) is 5.41 Å². The number of para-hydroxylation sites is 1. The smallest absolute Gasteiger partial charge is 0.225 e. The number of piperazine rings is 1. The summed E-state index contributed by atoms with van der Waals surface area (Å²) in [6.45, 7) is 8.29. The van der Waals surface area contributed by atoms with Crippen molar-refractivity contribution in [3.8, 4) is 17.0 Å². The van der Waals surface area contributed by atoms with Crippen LogP contribution in [0.1, 0.15) is 37.2 Å². The van der Waals surface area contributed by atoms with E-state index in [1.807, 2.05) is 31.3 Å². The molecular formula is C30H39N9O. The number of benzene rings is 1. The molecule has 4 fully saturated rings. The fourth-order valence-electron chi connectivity index (χ4n) is 7.08. The predicted octanol–water partition coefficient (Wildman–Crippen LogP) is 2.94. The first-order valence-electron chi connectivity index (χ1n) is 14.7. The van der Waals surface area contributed by atoms with E-state index in [9.17, 15) is 5.11 Å². The number of aromatic nitrogens is 4. The molecule has 4 aliphatic rings. The van der Waals surface area contributed by atoms with Crippen LogP contribution in [0.5, 0.6) is 5.75 Å². The summed E-state index contributed by atoms with van der Waals surface area (Å²) < 4.78 is 0. The third-order valence-electron chi connectivity index (χ3n) is 9.60. The van der Waals surface area contributed by atoms with E-state index in [1.165, 1.54) is 31.5 Å². The van der Waals surface area contributed by atoms with E-state index >= 15 is 0 Å². The predicted molar refractivity (Wildman–Crippen MR) is 157 cm³/mol. The van der Waals surface area contributed by atoms with Crippen LogP contribution in [0.2, 0.25) is 0 Å². The molecule has 0 atom stereocenters. The lowest BCUT2D eigenvalue weighted by Crippen LogP contribution is -2.59. The summed E-state index contributed by atoms with van der Waals surface area (Å²) in [6, 6.07) is 9.92. The molecule has 1 aromatic carbocycles. The van der Waals surface area contributed by atoms with Gasteiger partial charge in [0, 0.05) is 83.4 Å². The van der Waals surface area contributed by atoms with Crippen LogP contribution in [0.25, 0.3) is 11.3 Å². The number of nitrogens with zero attached hydrogens (tertiary/aromatic N) is 7. The maximum atomic E-state index is 10.3. The van der Waals surface area contributed by atoms with E-state index in [1.54, 1.807) is 6.07 Å². The first-order chi connectivity index (χ1) is 19.6. The molecule has 0 bridgehead atoms. The molecule has 0 amide bonds. The summed E-state index contributed by atoms with van der Waals surface area (Å²) in [5.41, 5.74) is 4.31. The lowest BCUT2D eigenvalue weighted by molar-refractivity contribution is 0.0360. The standard InChI is InChI=1S/C30H39N9O/c1-31-28-26(14-25(35-36-28)24-4-2-3-5-27(24)40)38-12-10-37(11-13-38)23-6-8-39(9-7-23)29-33-17-22(18-34-29)21-15-30(16-21)19-32-20-30/h2-5,14,17-18,21,23,32,40H,6-13,15-16,19-20H2,1H3,(H,31,36).